The number of rotatable bonds is 8. The van der Waals surface area contributed by atoms with Gasteiger partial charge in [-0.3, -0.25) is 4.79 Å². The number of imidazole rings is 1. The second-order valence-corrected chi connectivity index (χ2v) is 9.57. The van der Waals surface area contributed by atoms with Crippen LogP contribution in [0.3, 0.4) is 0 Å². The van der Waals surface area contributed by atoms with Gasteiger partial charge in [0, 0.05) is 18.9 Å². The lowest BCUT2D eigenvalue weighted by Gasteiger charge is -2.20. The Morgan fingerprint density at radius 1 is 1.05 bits per heavy atom. The van der Waals surface area contributed by atoms with E-state index in [4.69, 9.17) is 11.6 Å². The number of halogens is 1. The smallest absolute Gasteiger partial charge is 0.226 e. The summed E-state index contributed by atoms with van der Waals surface area (Å²) in [5, 5.41) is 27.5. The van der Waals surface area contributed by atoms with Crippen LogP contribution < -0.4 is 10.6 Å². The van der Waals surface area contributed by atoms with E-state index in [0.717, 1.165) is 11.1 Å². The number of aliphatic hydroxyl groups excluding tert-OH is 2. The Morgan fingerprint density at radius 3 is 2.32 bits per heavy atom. The third-order valence-corrected chi connectivity index (χ3v) is 7.12. The molecule has 1 fully saturated rings. The maximum atomic E-state index is 11.9. The number of anilines is 1. The minimum atomic E-state index is -1.11. The fraction of sp³-hybridized carbons (Fsp3) is 0.333. The molecule has 1 saturated carbocycles. The van der Waals surface area contributed by atoms with Crippen molar-refractivity contribution in [1.82, 2.24) is 24.8 Å². The Morgan fingerprint density at radius 2 is 1.70 bits per heavy atom. The third-order valence-electron chi connectivity index (χ3n) is 6.95. The zero-order chi connectivity index (χ0) is 25.9. The van der Waals surface area contributed by atoms with Crippen LogP contribution in [-0.4, -0.2) is 60.4 Å². The van der Waals surface area contributed by atoms with E-state index in [1.807, 2.05) is 36.4 Å². The fourth-order valence-corrected chi connectivity index (χ4v) is 5.15. The molecule has 0 aliphatic heterocycles. The van der Waals surface area contributed by atoms with Crippen LogP contribution >= 0.6 is 11.6 Å². The summed E-state index contributed by atoms with van der Waals surface area (Å²) in [7, 11) is 0. The first-order valence-electron chi connectivity index (χ1n) is 12.4. The minimum absolute atomic E-state index is 0.0385. The number of aromatic nitrogens is 4. The van der Waals surface area contributed by atoms with Gasteiger partial charge in [-0.15, -0.1) is 0 Å². The Kier molecular flexibility index (Phi) is 7.36. The van der Waals surface area contributed by atoms with Gasteiger partial charge < -0.3 is 25.4 Å². The highest BCUT2D eigenvalue weighted by Gasteiger charge is 2.43. The average Bonchev–Trinajstić information content (AvgIpc) is 3.46. The second-order valence-electron chi connectivity index (χ2n) is 9.23. The van der Waals surface area contributed by atoms with Crippen molar-refractivity contribution in [2.45, 2.75) is 50.0 Å². The van der Waals surface area contributed by atoms with Crippen molar-refractivity contribution in [1.29, 1.82) is 0 Å². The predicted molar refractivity (Wildman–Crippen MR) is 141 cm³/mol. The van der Waals surface area contributed by atoms with Crippen molar-refractivity contribution >= 4 is 34.5 Å². The zero-order valence-corrected chi connectivity index (χ0v) is 21.1. The molecule has 4 N–H and O–H groups in total. The van der Waals surface area contributed by atoms with Crippen molar-refractivity contribution < 1.29 is 15.0 Å². The van der Waals surface area contributed by atoms with E-state index in [1.54, 1.807) is 17.8 Å². The molecule has 4 aromatic rings. The first kappa shape index (κ1) is 25.1. The molecule has 1 aliphatic carbocycles. The van der Waals surface area contributed by atoms with Gasteiger partial charge in [-0.2, -0.15) is 9.97 Å². The molecule has 1 unspecified atom stereocenters. The summed E-state index contributed by atoms with van der Waals surface area (Å²) in [6.45, 7) is 2.28. The highest BCUT2D eigenvalue weighted by Crippen LogP contribution is 2.35. The van der Waals surface area contributed by atoms with E-state index in [0.29, 0.717) is 36.4 Å². The van der Waals surface area contributed by atoms with Crippen LogP contribution in [0.15, 0.2) is 67.0 Å². The lowest BCUT2D eigenvalue weighted by molar-refractivity contribution is -0.122. The zero-order valence-electron chi connectivity index (χ0n) is 20.3. The van der Waals surface area contributed by atoms with Crippen molar-refractivity contribution in [2.24, 2.45) is 0 Å². The van der Waals surface area contributed by atoms with E-state index in [9.17, 15) is 15.0 Å². The summed E-state index contributed by atoms with van der Waals surface area (Å²) in [6, 6.07) is 19.3. The monoisotopic (exact) mass is 520 g/mol. The molecule has 0 spiro atoms. The molecular formula is C27H29ClN6O3. The Labute approximate surface area is 219 Å². The van der Waals surface area contributed by atoms with Crippen LogP contribution in [0.4, 0.5) is 5.82 Å². The van der Waals surface area contributed by atoms with E-state index in [2.05, 4.69) is 49.9 Å². The SMILES string of the molecule is CCC(=O)N[C@H]1CC(n2cnc3c(NCC(c4ccccc4)c4ccccc4)nc(Cl)nc32)[C@H](O)[C@@H]1O. The predicted octanol–water partition coefficient (Wildman–Crippen LogP) is 3.29. The molecule has 1 aliphatic rings. The number of nitrogens with one attached hydrogen (secondary N) is 2. The van der Waals surface area contributed by atoms with Crippen LogP contribution in [0, 0.1) is 0 Å². The molecule has 2 heterocycles. The number of benzene rings is 2. The largest absolute Gasteiger partial charge is 0.388 e. The van der Waals surface area contributed by atoms with Gasteiger partial charge in [-0.25, -0.2) is 4.98 Å². The number of carbonyl (C=O) groups excluding carboxylic acids is 1. The fourth-order valence-electron chi connectivity index (χ4n) is 4.99. The molecule has 2 aromatic heterocycles. The van der Waals surface area contributed by atoms with Crippen molar-refractivity contribution in [3.8, 4) is 0 Å². The standard InChI is InChI=1S/C27H29ClN6O3/c1-2-21(35)31-19-13-20(24(37)23(19)36)34-15-30-22-25(32-27(28)33-26(22)34)29-14-18(16-9-5-3-6-10-16)17-11-7-4-8-12-17/h3-12,15,18-20,23-24,36-37H,2,13-14H2,1H3,(H,31,35)(H,29,32,33)/t19-,20?,23+,24-/m0/s1. The van der Waals surface area contributed by atoms with Gasteiger partial charge in [0.25, 0.3) is 0 Å². The molecule has 0 bridgehead atoms. The highest BCUT2D eigenvalue weighted by atomic mass is 35.5. The Bertz CT molecular complexity index is 1330. The molecule has 5 rings (SSSR count). The van der Waals surface area contributed by atoms with Crippen LogP contribution in [-0.2, 0) is 4.79 Å². The third kappa shape index (κ3) is 5.16. The van der Waals surface area contributed by atoms with Crippen molar-refractivity contribution in [3.63, 3.8) is 0 Å². The summed E-state index contributed by atoms with van der Waals surface area (Å²) in [5.41, 5.74) is 3.27. The van der Waals surface area contributed by atoms with Crippen LogP contribution in [0.2, 0.25) is 5.28 Å². The second kappa shape index (κ2) is 10.8. The van der Waals surface area contributed by atoms with E-state index in [1.165, 1.54) is 0 Å². The molecule has 1 amide bonds. The molecule has 9 nitrogen and oxygen atoms in total. The van der Waals surface area contributed by atoms with Gasteiger partial charge in [0.1, 0.15) is 12.2 Å². The number of nitrogens with zero attached hydrogens (tertiary/aromatic N) is 4. The molecule has 37 heavy (non-hydrogen) atoms. The molecule has 4 atom stereocenters. The van der Waals surface area contributed by atoms with Gasteiger partial charge in [-0.05, 0) is 29.1 Å². The van der Waals surface area contributed by atoms with E-state index < -0.39 is 24.3 Å². The molecule has 0 saturated heterocycles. The lowest BCUT2D eigenvalue weighted by atomic mass is 9.91. The Balaban J connectivity index is 1.43. The van der Waals surface area contributed by atoms with Crippen LogP contribution in [0.25, 0.3) is 11.2 Å². The van der Waals surface area contributed by atoms with Crippen molar-refractivity contribution in [2.75, 3.05) is 11.9 Å². The quantitative estimate of drug-likeness (QED) is 0.263. The molecule has 2 aromatic carbocycles. The maximum Gasteiger partial charge on any atom is 0.226 e. The van der Waals surface area contributed by atoms with Gasteiger partial charge in [0.2, 0.25) is 11.2 Å². The number of hydrogen-bond donors (Lipinski definition) is 4. The van der Waals surface area contributed by atoms with Gasteiger partial charge in [0.05, 0.1) is 18.4 Å². The van der Waals surface area contributed by atoms with Crippen LogP contribution in [0.5, 0.6) is 0 Å². The topological polar surface area (TPSA) is 125 Å². The summed E-state index contributed by atoms with van der Waals surface area (Å²) >= 11 is 6.32. The number of amides is 1. The summed E-state index contributed by atoms with van der Waals surface area (Å²) in [4.78, 5) is 25.2. The molecule has 10 heteroatoms. The van der Waals surface area contributed by atoms with Gasteiger partial charge in [0.15, 0.2) is 17.0 Å². The number of carbonyl (C=O) groups is 1. The van der Waals surface area contributed by atoms with E-state index >= 15 is 0 Å². The van der Waals surface area contributed by atoms with Crippen molar-refractivity contribution in [3.05, 3.63) is 83.4 Å². The average molecular weight is 521 g/mol. The van der Waals surface area contributed by atoms with Gasteiger partial charge in [-0.1, -0.05) is 67.6 Å². The maximum absolute atomic E-state index is 11.9. The lowest BCUT2D eigenvalue weighted by Crippen LogP contribution is -2.42. The highest BCUT2D eigenvalue weighted by molar-refractivity contribution is 6.28. The number of fused-ring (bicyclic) bond motifs is 1. The number of aliphatic hydroxyl groups is 2. The first-order valence-corrected chi connectivity index (χ1v) is 12.7. The first-order chi connectivity index (χ1) is 18.0. The molecule has 192 valence electrons. The molecule has 0 radical (unpaired) electrons. The summed E-state index contributed by atoms with van der Waals surface area (Å²) < 4.78 is 1.70. The van der Waals surface area contributed by atoms with Gasteiger partial charge >= 0.3 is 0 Å². The minimum Gasteiger partial charge on any atom is -0.388 e. The summed E-state index contributed by atoms with van der Waals surface area (Å²) in [6.07, 6.45) is -0.0237. The van der Waals surface area contributed by atoms with Crippen LogP contribution in [0.1, 0.15) is 42.9 Å². The number of hydrogen-bond acceptors (Lipinski definition) is 7. The molecular weight excluding hydrogens is 492 g/mol. The van der Waals surface area contributed by atoms with E-state index in [-0.39, 0.29) is 17.1 Å². The normalized spacial score (nSPS) is 21.4. The summed E-state index contributed by atoms with van der Waals surface area (Å²) in [5.74, 6) is 0.355. The Hall–Kier alpha value is -3.53.